The second-order valence-electron chi connectivity index (χ2n) is 6.66. The molecule has 4 aromatic rings. The lowest BCUT2D eigenvalue weighted by Crippen LogP contribution is -2.36. The minimum atomic E-state index is -2.75. The van der Waals surface area contributed by atoms with Gasteiger partial charge in [-0.05, 0) is 30.7 Å². The average Bonchev–Trinajstić information content (AvgIpc) is 3.16. The van der Waals surface area contributed by atoms with Gasteiger partial charge in [0.1, 0.15) is 11.9 Å². The van der Waals surface area contributed by atoms with Crippen LogP contribution in [-0.2, 0) is 0 Å². The number of urea groups is 1. The molecule has 0 aliphatic rings. The third-order valence-corrected chi connectivity index (χ3v) is 4.52. The molecule has 0 aliphatic heterocycles. The molecule has 0 radical (unpaired) electrons. The van der Waals surface area contributed by atoms with Crippen molar-refractivity contribution in [1.29, 1.82) is 0 Å². The molecule has 0 aliphatic carbocycles. The lowest BCUT2D eigenvalue weighted by atomic mass is 10.1. The van der Waals surface area contributed by atoms with Crippen LogP contribution in [0.25, 0.3) is 16.6 Å². The molecular weight excluding hydrogens is 390 g/mol. The summed E-state index contributed by atoms with van der Waals surface area (Å²) in [6.45, 7) is 1.89. The molecule has 3 aromatic heterocycles. The Morgan fingerprint density at radius 3 is 2.60 bits per heavy atom. The first-order valence-corrected chi connectivity index (χ1v) is 9.19. The SMILES string of the molecule is Cc1cc(-n2ncc3cc(NC(=O)NC(c4ccccc4)C(F)F)ncc32)ccn1. The van der Waals surface area contributed by atoms with E-state index in [-0.39, 0.29) is 5.82 Å². The quantitative estimate of drug-likeness (QED) is 0.517. The molecule has 0 bridgehead atoms. The number of pyridine rings is 2. The number of carbonyl (C=O) groups is 1. The summed E-state index contributed by atoms with van der Waals surface area (Å²) in [5, 5.41) is 9.90. The summed E-state index contributed by atoms with van der Waals surface area (Å²) >= 11 is 0. The Kier molecular flexibility index (Phi) is 5.34. The van der Waals surface area contributed by atoms with Gasteiger partial charge in [0.25, 0.3) is 6.43 Å². The first-order chi connectivity index (χ1) is 14.5. The predicted octanol–water partition coefficient (Wildman–Crippen LogP) is 4.25. The number of carbonyl (C=O) groups excluding carboxylic acids is 1. The van der Waals surface area contributed by atoms with Crippen LogP contribution >= 0.6 is 0 Å². The van der Waals surface area contributed by atoms with E-state index in [9.17, 15) is 13.6 Å². The lowest BCUT2D eigenvalue weighted by molar-refractivity contribution is 0.103. The van der Waals surface area contributed by atoms with E-state index in [1.54, 1.807) is 47.5 Å². The molecule has 1 atom stereocenters. The number of fused-ring (bicyclic) bond motifs is 1. The lowest BCUT2D eigenvalue weighted by Gasteiger charge is -2.18. The normalized spacial score (nSPS) is 12.1. The maximum Gasteiger partial charge on any atom is 0.321 e. The number of alkyl halides is 2. The van der Waals surface area contributed by atoms with Crippen molar-refractivity contribution < 1.29 is 13.6 Å². The maximum absolute atomic E-state index is 13.4. The molecule has 4 rings (SSSR count). The summed E-state index contributed by atoms with van der Waals surface area (Å²) < 4.78 is 28.5. The van der Waals surface area contributed by atoms with E-state index in [4.69, 9.17) is 0 Å². The topological polar surface area (TPSA) is 84.7 Å². The maximum atomic E-state index is 13.4. The molecule has 0 saturated heterocycles. The van der Waals surface area contributed by atoms with Crippen LogP contribution in [-0.4, -0.2) is 32.2 Å². The Morgan fingerprint density at radius 1 is 1.07 bits per heavy atom. The van der Waals surface area contributed by atoms with E-state index in [0.29, 0.717) is 5.56 Å². The molecule has 1 unspecified atom stereocenters. The Morgan fingerprint density at radius 2 is 1.87 bits per heavy atom. The van der Waals surface area contributed by atoms with Gasteiger partial charge in [-0.2, -0.15) is 5.10 Å². The van der Waals surface area contributed by atoms with Crippen molar-refractivity contribution >= 4 is 22.8 Å². The highest BCUT2D eigenvalue weighted by Crippen LogP contribution is 2.22. The number of benzene rings is 1. The highest BCUT2D eigenvalue weighted by molar-refractivity contribution is 5.91. The van der Waals surface area contributed by atoms with Crippen LogP contribution < -0.4 is 10.6 Å². The fourth-order valence-corrected chi connectivity index (χ4v) is 3.11. The molecule has 3 heterocycles. The second-order valence-corrected chi connectivity index (χ2v) is 6.66. The van der Waals surface area contributed by atoms with E-state index < -0.39 is 18.5 Å². The van der Waals surface area contributed by atoms with Crippen LogP contribution in [0.15, 0.2) is 67.1 Å². The zero-order chi connectivity index (χ0) is 21.1. The second kappa shape index (κ2) is 8.24. The van der Waals surface area contributed by atoms with Crippen molar-refractivity contribution in [1.82, 2.24) is 25.1 Å². The van der Waals surface area contributed by atoms with E-state index in [1.165, 1.54) is 12.1 Å². The van der Waals surface area contributed by atoms with Crippen LogP contribution in [0.4, 0.5) is 19.4 Å². The fraction of sp³-hybridized carbons (Fsp3) is 0.143. The molecule has 2 N–H and O–H groups in total. The molecule has 0 fully saturated rings. The number of halogens is 2. The first-order valence-electron chi connectivity index (χ1n) is 9.19. The molecule has 2 amide bonds. The molecule has 0 saturated carbocycles. The number of hydrogen-bond donors (Lipinski definition) is 2. The van der Waals surface area contributed by atoms with Crippen molar-refractivity contribution in [3.05, 3.63) is 78.4 Å². The number of rotatable bonds is 5. The van der Waals surface area contributed by atoms with Crippen LogP contribution in [0.2, 0.25) is 0 Å². The highest BCUT2D eigenvalue weighted by Gasteiger charge is 2.24. The Balaban J connectivity index is 1.52. The Hall–Kier alpha value is -3.88. The van der Waals surface area contributed by atoms with Gasteiger partial charge in [-0.15, -0.1) is 0 Å². The van der Waals surface area contributed by atoms with E-state index in [1.807, 2.05) is 19.1 Å². The molecule has 9 heteroatoms. The third kappa shape index (κ3) is 4.09. The monoisotopic (exact) mass is 408 g/mol. The molecule has 152 valence electrons. The van der Waals surface area contributed by atoms with Crippen molar-refractivity contribution in [2.45, 2.75) is 19.4 Å². The van der Waals surface area contributed by atoms with Crippen LogP contribution in [0, 0.1) is 6.92 Å². The zero-order valence-electron chi connectivity index (χ0n) is 16.0. The molecule has 7 nitrogen and oxygen atoms in total. The van der Waals surface area contributed by atoms with Gasteiger partial charge in [-0.25, -0.2) is 23.2 Å². The van der Waals surface area contributed by atoms with Gasteiger partial charge in [-0.3, -0.25) is 10.3 Å². The number of nitrogens with one attached hydrogen (secondary N) is 2. The van der Waals surface area contributed by atoms with Crippen LogP contribution in [0.1, 0.15) is 17.3 Å². The van der Waals surface area contributed by atoms with Gasteiger partial charge in [-0.1, -0.05) is 30.3 Å². The smallest absolute Gasteiger partial charge is 0.321 e. The standard InChI is InChI=1S/C21H18F2N6O/c1-13-9-16(7-8-24-13)29-17-12-25-18(10-15(17)11-26-29)27-21(30)28-19(20(22)23)14-5-3-2-4-6-14/h2-12,19-20H,1H3,(H2,25,27,28,30). The van der Waals surface area contributed by atoms with Crippen molar-refractivity contribution in [2.75, 3.05) is 5.32 Å². The number of hydrogen-bond acceptors (Lipinski definition) is 4. The van der Waals surface area contributed by atoms with Crippen molar-refractivity contribution in [3.8, 4) is 5.69 Å². The largest absolute Gasteiger partial charge is 0.325 e. The summed E-state index contributed by atoms with van der Waals surface area (Å²) in [5.74, 6) is 0.228. The first kappa shape index (κ1) is 19.4. The van der Waals surface area contributed by atoms with Crippen molar-refractivity contribution in [3.63, 3.8) is 0 Å². The highest BCUT2D eigenvalue weighted by atomic mass is 19.3. The van der Waals surface area contributed by atoms with Gasteiger partial charge in [0.2, 0.25) is 0 Å². The van der Waals surface area contributed by atoms with Gasteiger partial charge < -0.3 is 5.32 Å². The zero-order valence-corrected chi connectivity index (χ0v) is 16.0. The summed E-state index contributed by atoms with van der Waals surface area (Å²) in [6, 6.07) is 11.2. The number of aryl methyl sites for hydroxylation is 1. The van der Waals surface area contributed by atoms with E-state index in [2.05, 4.69) is 25.7 Å². The van der Waals surface area contributed by atoms with E-state index in [0.717, 1.165) is 22.3 Å². The van der Waals surface area contributed by atoms with Gasteiger partial charge in [0.05, 0.1) is 23.6 Å². The minimum Gasteiger partial charge on any atom is -0.325 e. The predicted molar refractivity (Wildman–Crippen MR) is 109 cm³/mol. The molecule has 0 spiro atoms. The molecular formula is C21H18F2N6O. The summed E-state index contributed by atoms with van der Waals surface area (Å²) in [4.78, 5) is 20.7. The Bertz CT molecular complexity index is 1180. The number of aromatic nitrogens is 4. The fourth-order valence-electron chi connectivity index (χ4n) is 3.11. The Labute approximate surface area is 170 Å². The number of amides is 2. The third-order valence-electron chi connectivity index (χ3n) is 4.52. The molecule has 1 aromatic carbocycles. The number of anilines is 1. The summed E-state index contributed by atoms with van der Waals surface area (Å²) in [5.41, 5.74) is 2.74. The van der Waals surface area contributed by atoms with Gasteiger partial charge in [0, 0.05) is 17.3 Å². The van der Waals surface area contributed by atoms with Gasteiger partial charge >= 0.3 is 6.03 Å². The summed E-state index contributed by atoms with van der Waals surface area (Å²) in [7, 11) is 0. The van der Waals surface area contributed by atoms with E-state index >= 15 is 0 Å². The minimum absolute atomic E-state index is 0.228. The number of nitrogens with zero attached hydrogens (tertiary/aromatic N) is 4. The molecule has 30 heavy (non-hydrogen) atoms. The average molecular weight is 408 g/mol. The summed E-state index contributed by atoms with van der Waals surface area (Å²) in [6.07, 6.45) is 2.14. The van der Waals surface area contributed by atoms with Crippen LogP contribution in [0.3, 0.4) is 0 Å². The van der Waals surface area contributed by atoms with Crippen LogP contribution in [0.5, 0.6) is 0 Å². The van der Waals surface area contributed by atoms with Gasteiger partial charge in [0.15, 0.2) is 0 Å². The van der Waals surface area contributed by atoms with Crippen molar-refractivity contribution in [2.24, 2.45) is 0 Å².